The largest absolute Gasteiger partial charge is 0.478 e. The summed E-state index contributed by atoms with van der Waals surface area (Å²) in [6.07, 6.45) is 4.60. The van der Waals surface area contributed by atoms with Gasteiger partial charge in [-0.05, 0) is 57.1 Å². The first-order chi connectivity index (χ1) is 16.1. The molecular formula is C25H29N5O3. The fraction of sp³-hybridized carbons (Fsp3) is 0.400. The van der Waals surface area contributed by atoms with Crippen LogP contribution >= 0.6 is 0 Å². The zero-order valence-corrected chi connectivity index (χ0v) is 19.1. The molecule has 0 spiro atoms. The van der Waals surface area contributed by atoms with Crippen molar-refractivity contribution >= 4 is 21.9 Å². The Balaban J connectivity index is 1.45. The van der Waals surface area contributed by atoms with Crippen LogP contribution in [0.15, 0.2) is 41.3 Å². The second kappa shape index (κ2) is 9.33. The summed E-state index contributed by atoms with van der Waals surface area (Å²) >= 11 is 0. The lowest BCUT2D eigenvalue weighted by molar-refractivity contribution is 0.0848. The van der Waals surface area contributed by atoms with Crippen molar-refractivity contribution < 1.29 is 9.47 Å². The highest BCUT2D eigenvalue weighted by Crippen LogP contribution is 2.34. The highest BCUT2D eigenvalue weighted by molar-refractivity contribution is 6.04. The molecule has 0 saturated carbocycles. The maximum Gasteiger partial charge on any atom is 0.323 e. The number of aromatic nitrogens is 4. The Hall–Kier alpha value is -3.23. The van der Waals surface area contributed by atoms with E-state index < -0.39 is 0 Å². The van der Waals surface area contributed by atoms with Crippen molar-refractivity contribution in [3.05, 3.63) is 52.7 Å². The molecule has 1 aliphatic rings. The number of benzene rings is 1. The van der Waals surface area contributed by atoms with Gasteiger partial charge in [0.25, 0.3) is 0 Å². The molecule has 2 N–H and O–H groups in total. The summed E-state index contributed by atoms with van der Waals surface area (Å²) in [5.74, 6) is 0.907. The third kappa shape index (κ3) is 4.62. The van der Waals surface area contributed by atoms with E-state index in [0.717, 1.165) is 77.8 Å². The molecule has 3 aromatic heterocycles. The van der Waals surface area contributed by atoms with Gasteiger partial charge in [-0.2, -0.15) is 0 Å². The molecule has 0 radical (unpaired) electrons. The monoisotopic (exact) mass is 447 g/mol. The third-order valence-corrected chi connectivity index (χ3v) is 6.17. The van der Waals surface area contributed by atoms with Crippen molar-refractivity contribution in [1.82, 2.24) is 24.8 Å². The first-order valence-electron chi connectivity index (χ1n) is 11.5. The summed E-state index contributed by atoms with van der Waals surface area (Å²) in [5, 5.41) is 0.917. The van der Waals surface area contributed by atoms with Gasteiger partial charge in [-0.3, -0.25) is 4.98 Å². The number of pyridine rings is 2. The van der Waals surface area contributed by atoms with E-state index in [9.17, 15) is 4.79 Å². The van der Waals surface area contributed by atoms with E-state index in [4.69, 9.17) is 14.5 Å². The average Bonchev–Trinajstić information content (AvgIpc) is 3.23. The van der Waals surface area contributed by atoms with Crippen LogP contribution < -0.4 is 10.4 Å². The predicted octanol–water partition coefficient (Wildman–Crippen LogP) is 3.69. The van der Waals surface area contributed by atoms with Crippen LogP contribution in [0.3, 0.4) is 0 Å². The van der Waals surface area contributed by atoms with Gasteiger partial charge in [-0.25, -0.2) is 9.78 Å². The fourth-order valence-corrected chi connectivity index (χ4v) is 4.44. The molecular weight excluding hydrogens is 418 g/mol. The second-order valence-corrected chi connectivity index (χ2v) is 8.84. The summed E-state index contributed by atoms with van der Waals surface area (Å²) in [4.78, 5) is 29.7. The molecule has 8 heteroatoms. The molecule has 0 aliphatic carbocycles. The third-order valence-electron chi connectivity index (χ3n) is 6.17. The highest BCUT2D eigenvalue weighted by Gasteiger charge is 2.22. The van der Waals surface area contributed by atoms with Crippen molar-refractivity contribution in [2.24, 2.45) is 0 Å². The standard InChI is InChI=1S/C25H29N5O3/c1-30(2)10-3-11-33-21-7-5-18(15-26-21)17-4-6-20-19(14-17)23-24(29-25(31)28-23)22(27-20)16-8-12-32-13-9-16/h4-7,14-16H,3,8-13H2,1-2H3,(H2,28,29,31). The average molecular weight is 448 g/mol. The van der Waals surface area contributed by atoms with Crippen molar-refractivity contribution in [3.63, 3.8) is 0 Å². The lowest BCUT2D eigenvalue weighted by Crippen LogP contribution is -2.15. The lowest BCUT2D eigenvalue weighted by Gasteiger charge is -2.22. The van der Waals surface area contributed by atoms with Gasteiger partial charge in [0, 0.05) is 48.9 Å². The predicted molar refractivity (Wildman–Crippen MR) is 129 cm³/mol. The van der Waals surface area contributed by atoms with Gasteiger partial charge in [0.2, 0.25) is 5.88 Å². The van der Waals surface area contributed by atoms with Crippen molar-refractivity contribution in [3.8, 4) is 17.0 Å². The fourth-order valence-electron chi connectivity index (χ4n) is 4.44. The minimum absolute atomic E-state index is 0.213. The number of aromatic amines is 2. The van der Waals surface area contributed by atoms with Gasteiger partial charge >= 0.3 is 5.69 Å². The summed E-state index contributed by atoms with van der Waals surface area (Å²) in [6, 6.07) is 10.0. The molecule has 4 aromatic rings. The molecule has 1 saturated heterocycles. The van der Waals surface area contributed by atoms with Crippen molar-refractivity contribution in [2.45, 2.75) is 25.2 Å². The maximum atomic E-state index is 12.2. The number of rotatable bonds is 7. The first-order valence-corrected chi connectivity index (χ1v) is 11.5. The highest BCUT2D eigenvalue weighted by atomic mass is 16.5. The van der Waals surface area contributed by atoms with Crippen LogP contribution in [0, 0.1) is 0 Å². The Morgan fingerprint density at radius 1 is 1.09 bits per heavy atom. The second-order valence-electron chi connectivity index (χ2n) is 8.84. The molecule has 8 nitrogen and oxygen atoms in total. The van der Waals surface area contributed by atoms with E-state index in [1.165, 1.54) is 0 Å². The first kappa shape index (κ1) is 21.6. The smallest absolute Gasteiger partial charge is 0.323 e. The van der Waals surface area contributed by atoms with Gasteiger partial charge in [-0.1, -0.05) is 6.07 Å². The molecule has 1 aliphatic heterocycles. The van der Waals surface area contributed by atoms with Gasteiger partial charge in [0.15, 0.2) is 0 Å². The minimum Gasteiger partial charge on any atom is -0.478 e. The van der Waals surface area contributed by atoms with Crippen molar-refractivity contribution in [2.75, 3.05) is 40.5 Å². The number of ether oxygens (including phenoxy) is 2. The molecule has 0 bridgehead atoms. The summed E-state index contributed by atoms with van der Waals surface area (Å²) in [5.41, 5.74) is 5.21. The number of fused-ring (bicyclic) bond motifs is 3. The zero-order chi connectivity index (χ0) is 22.8. The van der Waals surface area contributed by atoms with Crippen LogP contribution in [0.25, 0.3) is 33.1 Å². The van der Waals surface area contributed by atoms with E-state index in [-0.39, 0.29) is 11.6 Å². The van der Waals surface area contributed by atoms with E-state index in [0.29, 0.717) is 12.5 Å². The molecule has 4 heterocycles. The van der Waals surface area contributed by atoms with Crippen LogP contribution in [0.4, 0.5) is 0 Å². The Morgan fingerprint density at radius 2 is 1.88 bits per heavy atom. The Morgan fingerprint density at radius 3 is 2.64 bits per heavy atom. The number of hydrogen-bond donors (Lipinski definition) is 2. The Bertz CT molecular complexity index is 1300. The molecule has 5 rings (SSSR count). The van der Waals surface area contributed by atoms with Crippen LogP contribution in [0.2, 0.25) is 0 Å². The summed E-state index contributed by atoms with van der Waals surface area (Å²) in [6.45, 7) is 3.07. The van der Waals surface area contributed by atoms with Gasteiger partial charge in [0.05, 0.1) is 28.9 Å². The van der Waals surface area contributed by atoms with Crippen LogP contribution in [0.5, 0.6) is 5.88 Å². The number of hydrogen-bond acceptors (Lipinski definition) is 6. The van der Waals surface area contributed by atoms with E-state index in [1.54, 1.807) is 0 Å². The van der Waals surface area contributed by atoms with Crippen LogP contribution in [-0.4, -0.2) is 65.3 Å². The molecule has 1 aromatic carbocycles. The lowest BCUT2D eigenvalue weighted by atomic mass is 9.94. The Kier molecular flexibility index (Phi) is 6.11. The van der Waals surface area contributed by atoms with E-state index >= 15 is 0 Å². The topological polar surface area (TPSA) is 96.1 Å². The number of H-pyrrole nitrogens is 2. The quantitative estimate of drug-likeness (QED) is 0.420. The SMILES string of the molecule is CN(C)CCCOc1ccc(-c2ccc3nc(C4CCOCC4)c4[nH]c(=O)[nH]c4c3c2)cn1. The normalized spacial score (nSPS) is 15.0. The van der Waals surface area contributed by atoms with Gasteiger partial charge < -0.3 is 24.3 Å². The number of nitrogens with zero attached hydrogens (tertiary/aromatic N) is 3. The number of nitrogens with one attached hydrogen (secondary N) is 2. The van der Waals surface area contributed by atoms with Crippen LogP contribution in [-0.2, 0) is 4.74 Å². The minimum atomic E-state index is -0.213. The molecule has 33 heavy (non-hydrogen) atoms. The summed E-state index contributed by atoms with van der Waals surface area (Å²) in [7, 11) is 4.10. The molecule has 1 fully saturated rings. The Labute approximate surface area is 192 Å². The maximum absolute atomic E-state index is 12.2. The molecule has 172 valence electrons. The van der Waals surface area contributed by atoms with Gasteiger partial charge in [-0.15, -0.1) is 0 Å². The zero-order valence-electron chi connectivity index (χ0n) is 19.1. The van der Waals surface area contributed by atoms with E-state index in [1.807, 2.05) is 30.5 Å². The molecule has 0 amide bonds. The van der Waals surface area contributed by atoms with Crippen LogP contribution in [0.1, 0.15) is 30.9 Å². The molecule has 0 unspecified atom stereocenters. The summed E-state index contributed by atoms with van der Waals surface area (Å²) < 4.78 is 11.3. The molecule has 0 atom stereocenters. The van der Waals surface area contributed by atoms with E-state index in [2.05, 4.69) is 40.0 Å². The van der Waals surface area contributed by atoms with Gasteiger partial charge in [0.1, 0.15) is 0 Å². The van der Waals surface area contributed by atoms with Crippen molar-refractivity contribution in [1.29, 1.82) is 0 Å². The number of imidazole rings is 1.